The zero-order valence-corrected chi connectivity index (χ0v) is 16.5. The van der Waals surface area contributed by atoms with Crippen LogP contribution in [0.2, 0.25) is 0 Å². The van der Waals surface area contributed by atoms with Crippen molar-refractivity contribution in [1.82, 2.24) is 16.0 Å². The number of nitrogens with one attached hydrogen (secondary N) is 3. The van der Waals surface area contributed by atoms with E-state index in [1.54, 1.807) is 27.7 Å². The lowest BCUT2D eigenvalue weighted by molar-refractivity contribution is -0.157. The van der Waals surface area contributed by atoms with Crippen LogP contribution in [0.25, 0.3) is 0 Å². The van der Waals surface area contributed by atoms with Gasteiger partial charge in [-0.2, -0.15) is 0 Å². The Morgan fingerprint density at radius 3 is 2.11 bits per heavy atom. The maximum Gasteiger partial charge on any atom is 0.329 e. The minimum absolute atomic E-state index is 0.176. The Morgan fingerprint density at radius 1 is 0.964 bits per heavy atom. The number of rotatable bonds is 7. The maximum atomic E-state index is 13.8. The van der Waals surface area contributed by atoms with Gasteiger partial charge in [-0.25, -0.2) is 14.0 Å². The monoisotopic (exact) mass is 395 g/mol. The standard InChI is InChI=1S/C19H26FN3O5/c1-10(2)15(22-17(25)13-8-6-7-9-14(13)20)18(26)28-12(5)16(24)23-19(27)21-11(3)4/h6-12,15H,1-5H3,(H,22,25)(H2,21,23,24,27)/t12-,15-/m0/s1. The van der Waals surface area contributed by atoms with Gasteiger partial charge < -0.3 is 15.4 Å². The molecule has 28 heavy (non-hydrogen) atoms. The van der Waals surface area contributed by atoms with Crippen LogP contribution in [0.4, 0.5) is 9.18 Å². The Labute approximate surface area is 163 Å². The fraction of sp³-hybridized carbons (Fsp3) is 0.474. The van der Waals surface area contributed by atoms with E-state index in [0.29, 0.717) is 0 Å². The third kappa shape index (κ3) is 6.98. The van der Waals surface area contributed by atoms with Crippen molar-refractivity contribution in [2.75, 3.05) is 0 Å². The Hall–Kier alpha value is -2.97. The molecule has 154 valence electrons. The second-order valence-corrected chi connectivity index (χ2v) is 6.87. The molecule has 3 N–H and O–H groups in total. The molecule has 1 aromatic rings. The summed E-state index contributed by atoms with van der Waals surface area (Å²) in [4.78, 5) is 48.2. The molecule has 0 aromatic heterocycles. The van der Waals surface area contributed by atoms with Gasteiger partial charge in [-0.3, -0.25) is 14.9 Å². The van der Waals surface area contributed by atoms with Crippen molar-refractivity contribution in [3.05, 3.63) is 35.6 Å². The summed E-state index contributed by atoms with van der Waals surface area (Å²) in [5.41, 5.74) is -0.211. The van der Waals surface area contributed by atoms with Gasteiger partial charge in [0.15, 0.2) is 6.10 Å². The van der Waals surface area contributed by atoms with Crippen LogP contribution in [0.1, 0.15) is 45.0 Å². The van der Waals surface area contributed by atoms with Crippen molar-refractivity contribution in [3.8, 4) is 0 Å². The Morgan fingerprint density at radius 2 is 1.57 bits per heavy atom. The summed E-state index contributed by atoms with van der Waals surface area (Å²) in [6, 6.07) is 3.36. The van der Waals surface area contributed by atoms with Gasteiger partial charge in [0, 0.05) is 6.04 Å². The molecule has 1 rings (SSSR count). The first kappa shape index (κ1) is 23.1. The third-order valence-corrected chi connectivity index (χ3v) is 3.64. The van der Waals surface area contributed by atoms with Crippen molar-refractivity contribution in [2.45, 2.75) is 52.8 Å². The van der Waals surface area contributed by atoms with E-state index in [1.807, 2.05) is 0 Å². The second kappa shape index (κ2) is 10.4. The Balaban J connectivity index is 2.74. The van der Waals surface area contributed by atoms with E-state index in [9.17, 15) is 23.6 Å². The number of ether oxygens (including phenoxy) is 1. The number of hydrogen-bond acceptors (Lipinski definition) is 5. The van der Waals surface area contributed by atoms with E-state index in [-0.39, 0.29) is 17.5 Å². The lowest BCUT2D eigenvalue weighted by atomic mass is 10.0. The molecule has 0 saturated heterocycles. The molecule has 9 heteroatoms. The van der Waals surface area contributed by atoms with E-state index in [4.69, 9.17) is 4.74 Å². The molecule has 0 bridgehead atoms. The zero-order chi connectivity index (χ0) is 21.4. The molecule has 1 aromatic carbocycles. The van der Waals surface area contributed by atoms with Crippen molar-refractivity contribution >= 4 is 23.8 Å². The van der Waals surface area contributed by atoms with Crippen molar-refractivity contribution in [1.29, 1.82) is 0 Å². The summed E-state index contributed by atoms with van der Waals surface area (Å²) in [5.74, 6) is -3.56. The van der Waals surface area contributed by atoms with E-state index >= 15 is 0 Å². The molecule has 0 fully saturated rings. The number of urea groups is 1. The molecule has 0 heterocycles. The van der Waals surface area contributed by atoms with Gasteiger partial charge in [-0.05, 0) is 38.8 Å². The highest BCUT2D eigenvalue weighted by molar-refractivity contribution is 5.99. The van der Waals surface area contributed by atoms with Gasteiger partial charge in [0.05, 0.1) is 5.56 Å². The van der Waals surface area contributed by atoms with Crippen molar-refractivity contribution in [2.24, 2.45) is 5.92 Å². The molecule has 4 amide bonds. The average Bonchev–Trinajstić information content (AvgIpc) is 2.58. The largest absolute Gasteiger partial charge is 0.451 e. The SMILES string of the molecule is CC(C)NC(=O)NC(=O)[C@H](C)OC(=O)[C@@H](NC(=O)c1ccccc1F)C(C)C. The Kier molecular flexibility index (Phi) is 8.56. The van der Waals surface area contributed by atoms with E-state index in [1.165, 1.54) is 25.1 Å². The van der Waals surface area contributed by atoms with Gasteiger partial charge in [0.2, 0.25) is 0 Å². The topological polar surface area (TPSA) is 114 Å². The number of benzene rings is 1. The summed E-state index contributed by atoms with van der Waals surface area (Å²) in [6.07, 6.45) is -1.27. The van der Waals surface area contributed by atoms with Crippen molar-refractivity contribution < 1.29 is 28.3 Å². The fourth-order valence-electron chi connectivity index (χ4n) is 2.17. The van der Waals surface area contributed by atoms with Gasteiger partial charge in [-0.15, -0.1) is 0 Å². The normalized spacial score (nSPS) is 12.9. The first-order valence-corrected chi connectivity index (χ1v) is 8.90. The molecule has 0 unspecified atom stereocenters. The van der Waals surface area contributed by atoms with E-state index < -0.39 is 41.8 Å². The predicted molar refractivity (Wildman–Crippen MR) is 99.9 cm³/mol. The quantitative estimate of drug-likeness (QED) is 0.609. The zero-order valence-electron chi connectivity index (χ0n) is 16.5. The average molecular weight is 395 g/mol. The molecule has 0 aliphatic rings. The molecule has 0 aliphatic heterocycles. The molecule has 0 spiro atoms. The predicted octanol–water partition coefficient (Wildman–Crippen LogP) is 1.75. The van der Waals surface area contributed by atoms with Crippen LogP contribution < -0.4 is 16.0 Å². The van der Waals surface area contributed by atoms with Crippen LogP contribution in [0.5, 0.6) is 0 Å². The summed E-state index contributed by atoms with van der Waals surface area (Å²) in [6.45, 7) is 8.06. The van der Waals surface area contributed by atoms with E-state index in [0.717, 1.165) is 6.07 Å². The van der Waals surface area contributed by atoms with Crippen LogP contribution in [0.15, 0.2) is 24.3 Å². The second-order valence-electron chi connectivity index (χ2n) is 6.87. The van der Waals surface area contributed by atoms with Gasteiger partial charge in [0.25, 0.3) is 11.8 Å². The van der Waals surface area contributed by atoms with Crippen molar-refractivity contribution in [3.63, 3.8) is 0 Å². The van der Waals surface area contributed by atoms with Crippen LogP contribution in [-0.4, -0.2) is 42.0 Å². The molecular formula is C19H26FN3O5. The van der Waals surface area contributed by atoms with Crippen LogP contribution in [0.3, 0.4) is 0 Å². The van der Waals surface area contributed by atoms with Gasteiger partial charge >= 0.3 is 12.0 Å². The molecule has 8 nitrogen and oxygen atoms in total. The summed E-state index contributed by atoms with van der Waals surface area (Å²) < 4.78 is 18.8. The number of esters is 1. The third-order valence-electron chi connectivity index (χ3n) is 3.64. The molecule has 2 atom stereocenters. The minimum Gasteiger partial charge on any atom is -0.451 e. The minimum atomic E-state index is -1.27. The van der Waals surface area contributed by atoms with Crippen LogP contribution in [0, 0.1) is 11.7 Å². The number of carbonyl (C=O) groups is 4. The number of hydrogen-bond donors (Lipinski definition) is 3. The molecule has 0 saturated carbocycles. The van der Waals surface area contributed by atoms with E-state index in [2.05, 4.69) is 16.0 Å². The fourth-order valence-corrected chi connectivity index (χ4v) is 2.17. The highest BCUT2D eigenvalue weighted by Gasteiger charge is 2.30. The lowest BCUT2D eigenvalue weighted by Crippen LogP contribution is -2.50. The number of amides is 4. The van der Waals surface area contributed by atoms with Crippen LogP contribution >= 0.6 is 0 Å². The first-order valence-electron chi connectivity index (χ1n) is 8.90. The van der Waals surface area contributed by atoms with Gasteiger partial charge in [0.1, 0.15) is 11.9 Å². The smallest absolute Gasteiger partial charge is 0.329 e. The highest BCUT2D eigenvalue weighted by Crippen LogP contribution is 2.10. The highest BCUT2D eigenvalue weighted by atomic mass is 19.1. The molecule has 0 radical (unpaired) electrons. The first-order chi connectivity index (χ1) is 13.0. The molecular weight excluding hydrogens is 369 g/mol. The van der Waals surface area contributed by atoms with Crippen LogP contribution in [-0.2, 0) is 14.3 Å². The number of halogens is 1. The summed E-state index contributed by atoms with van der Waals surface area (Å²) in [7, 11) is 0. The number of imide groups is 1. The maximum absolute atomic E-state index is 13.8. The number of carbonyl (C=O) groups excluding carboxylic acids is 4. The molecule has 0 aliphatic carbocycles. The Bertz CT molecular complexity index is 736. The lowest BCUT2D eigenvalue weighted by Gasteiger charge is -2.23. The summed E-state index contributed by atoms with van der Waals surface area (Å²) in [5, 5.41) is 6.94. The summed E-state index contributed by atoms with van der Waals surface area (Å²) >= 11 is 0. The van der Waals surface area contributed by atoms with Gasteiger partial charge in [-0.1, -0.05) is 26.0 Å².